The van der Waals surface area contributed by atoms with Gasteiger partial charge < -0.3 is 15.7 Å². The second-order valence-electron chi connectivity index (χ2n) is 11.2. The molecule has 0 fully saturated rings. The second-order valence-corrected chi connectivity index (χ2v) is 11.2. The number of nitrogen functional groups attached to an aromatic ring is 1. The number of anilines is 1. The van der Waals surface area contributed by atoms with Crippen LogP contribution in [0.2, 0.25) is 0 Å². The summed E-state index contributed by atoms with van der Waals surface area (Å²) in [7, 11) is 2.21. The van der Waals surface area contributed by atoms with Gasteiger partial charge in [0, 0.05) is 10.9 Å². The summed E-state index contributed by atoms with van der Waals surface area (Å²) in [5.41, 5.74) is 10.7. The molecule has 1 aromatic heterocycles. The van der Waals surface area contributed by atoms with Gasteiger partial charge in [0.25, 0.3) is 0 Å². The Morgan fingerprint density at radius 3 is 2.19 bits per heavy atom. The van der Waals surface area contributed by atoms with Crippen LogP contribution in [0.4, 0.5) is 5.82 Å². The van der Waals surface area contributed by atoms with Crippen LogP contribution in [-0.2, 0) is 19.3 Å². The minimum absolute atomic E-state index is 0.207. The summed E-state index contributed by atoms with van der Waals surface area (Å²) in [5.74, 6) is 0.672. The molecule has 1 aromatic carbocycles. The molecule has 4 heteroatoms. The third-order valence-corrected chi connectivity index (χ3v) is 6.60. The van der Waals surface area contributed by atoms with Crippen molar-refractivity contribution in [3.63, 3.8) is 0 Å². The average molecular weight is 442 g/mol. The molecule has 0 aliphatic rings. The molecule has 32 heavy (non-hydrogen) atoms. The largest absolute Gasteiger partial charge is 0.390 e. The van der Waals surface area contributed by atoms with E-state index in [4.69, 9.17) is 10.7 Å². The fourth-order valence-electron chi connectivity index (χ4n) is 4.04. The lowest BCUT2D eigenvalue weighted by Crippen LogP contribution is -2.38. The lowest BCUT2D eigenvalue weighted by Gasteiger charge is -2.31. The van der Waals surface area contributed by atoms with Crippen molar-refractivity contribution in [1.29, 1.82) is 0 Å². The van der Waals surface area contributed by atoms with Crippen molar-refractivity contribution < 1.29 is 5.11 Å². The predicted molar refractivity (Wildman–Crippen MR) is 139 cm³/mol. The van der Waals surface area contributed by atoms with Crippen molar-refractivity contribution >= 4 is 16.7 Å². The Bertz CT molecular complexity index is 862. The molecule has 0 saturated carbocycles. The topological polar surface area (TPSA) is 62.4 Å². The Labute approximate surface area is 196 Å². The number of nitrogens with zero attached hydrogens (tertiary/aromatic N) is 2. The standard InChI is InChI=1S/C28H47N3O/c1-8-9-10-14-23-20-24-22(13-11-12-17-31(7)27(2,3)4)18-21(15-16-28(5,6)32)19-25(24)30-26(23)29/h18-20,32H,8-17H2,1-7H3,(H2,29,30). The summed E-state index contributed by atoms with van der Waals surface area (Å²) in [6, 6.07) is 6.81. The Hall–Kier alpha value is -1.65. The first-order chi connectivity index (χ1) is 14.9. The molecule has 0 amide bonds. The van der Waals surface area contributed by atoms with Crippen LogP contribution in [0.5, 0.6) is 0 Å². The van der Waals surface area contributed by atoms with E-state index >= 15 is 0 Å². The molecule has 0 aliphatic carbocycles. The van der Waals surface area contributed by atoms with Crippen LogP contribution >= 0.6 is 0 Å². The minimum Gasteiger partial charge on any atom is -0.390 e. The first-order valence-electron chi connectivity index (χ1n) is 12.5. The van der Waals surface area contributed by atoms with Gasteiger partial charge in [0.2, 0.25) is 0 Å². The van der Waals surface area contributed by atoms with E-state index in [0.29, 0.717) is 5.82 Å². The number of unbranched alkanes of at least 4 members (excludes halogenated alkanes) is 3. The highest BCUT2D eigenvalue weighted by atomic mass is 16.3. The van der Waals surface area contributed by atoms with E-state index in [1.54, 1.807) is 0 Å². The molecule has 0 aliphatic heterocycles. The summed E-state index contributed by atoms with van der Waals surface area (Å²) in [6.45, 7) is 13.9. The number of fused-ring (bicyclic) bond motifs is 1. The van der Waals surface area contributed by atoms with Crippen molar-refractivity contribution in [3.05, 3.63) is 34.9 Å². The van der Waals surface area contributed by atoms with Crippen LogP contribution in [-0.4, -0.2) is 39.7 Å². The summed E-state index contributed by atoms with van der Waals surface area (Å²) in [6.07, 6.45) is 9.55. The maximum atomic E-state index is 10.2. The lowest BCUT2D eigenvalue weighted by atomic mass is 9.93. The molecular formula is C28H47N3O. The fourth-order valence-corrected chi connectivity index (χ4v) is 4.04. The predicted octanol–water partition coefficient (Wildman–Crippen LogP) is 6.31. The van der Waals surface area contributed by atoms with Gasteiger partial charge >= 0.3 is 0 Å². The van der Waals surface area contributed by atoms with Crippen molar-refractivity contribution in [1.82, 2.24) is 9.88 Å². The molecule has 0 saturated heterocycles. The second kappa shape index (κ2) is 11.5. The minimum atomic E-state index is -0.664. The van der Waals surface area contributed by atoms with Crippen LogP contribution in [0.1, 0.15) is 96.8 Å². The Balaban J connectivity index is 2.26. The van der Waals surface area contributed by atoms with Crippen LogP contribution in [0.25, 0.3) is 10.9 Å². The summed E-state index contributed by atoms with van der Waals surface area (Å²) >= 11 is 0. The van der Waals surface area contributed by atoms with E-state index in [9.17, 15) is 5.11 Å². The van der Waals surface area contributed by atoms with E-state index < -0.39 is 5.60 Å². The van der Waals surface area contributed by atoms with E-state index in [1.807, 2.05) is 13.8 Å². The number of aromatic nitrogens is 1. The summed E-state index contributed by atoms with van der Waals surface area (Å²) < 4.78 is 0. The van der Waals surface area contributed by atoms with E-state index in [1.165, 1.54) is 41.3 Å². The SMILES string of the molecule is CCCCCc1cc2c(CCCCN(C)C(C)(C)C)cc(CCC(C)(C)O)cc2nc1N. The average Bonchev–Trinajstić information content (AvgIpc) is 2.68. The summed E-state index contributed by atoms with van der Waals surface area (Å²) in [4.78, 5) is 7.25. The number of rotatable bonds is 12. The quantitative estimate of drug-likeness (QED) is 0.379. The first kappa shape index (κ1) is 26.6. The number of aryl methyl sites for hydroxylation is 3. The van der Waals surface area contributed by atoms with Gasteiger partial charge in [-0.05, 0) is 122 Å². The fraction of sp³-hybridized carbons (Fsp3) is 0.679. The van der Waals surface area contributed by atoms with Crippen LogP contribution in [0, 0.1) is 0 Å². The third kappa shape index (κ3) is 8.37. The molecule has 180 valence electrons. The number of benzene rings is 1. The van der Waals surface area contributed by atoms with Crippen molar-refractivity contribution in [2.75, 3.05) is 19.3 Å². The van der Waals surface area contributed by atoms with Gasteiger partial charge in [-0.25, -0.2) is 4.98 Å². The molecule has 0 bridgehead atoms. The maximum absolute atomic E-state index is 10.2. The molecule has 1 heterocycles. The molecule has 0 radical (unpaired) electrons. The van der Waals surface area contributed by atoms with Gasteiger partial charge in [0.15, 0.2) is 0 Å². The molecule has 0 unspecified atom stereocenters. The highest BCUT2D eigenvalue weighted by Crippen LogP contribution is 2.28. The normalized spacial score (nSPS) is 12.8. The molecule has 0 spiro atoms. The highest BCUT2D eigenvalue weighted by molar-refractivity contribution is 5.85. The Morgan fingerprint density at radius 2 is 1.56 bits per heavy atom. The molecule has 2 aromatic rings. The van der Waals surface area contributed by atoms with E-state index in [2.05, 4.69) is 57.8 Å². The monoisotopic (exact) mass is 441 g/mol. The zero-order valence-electron chi connectivity index (χ0n) is 21.7. The van der Waals surface area contributed by atoms with Gasteiger partial charge in [0.1, 0.15) is 5.82 Å². The zero-order valence-corrected chi connectivity index (χ0v) is 21.7. The van der Waals surface area contributed by atoms with Gasteiger partial charge in [-0.2, -0.15) is 0 Å². The molecule has 2 rings (SSSR count). The van der Waals surface area contributed by atoms with Gasteiger partial charge in [0.05, 0.1) is 11.1 Å². The third-order valence-electron chi connectivity index (χ3n) is 6.60. The molecule has 4 nitrogen and oxygen atoms in total. The molecule has 3 N–H and O–H groups in total. The van der Waals surface area contributed by atoms with E-state index in [-0.39, 0.29) is 5.54 Å². The van der Waals surface area contributed by atoms with Gasteiger partial charge in [-0.3, -0.25) is 0 Å². The number of aliphatic hydroxyl groups is 1. The summed E-state index contributed by atoms with van der Waals surface area (Å²) in [5, 5.41) is 11.4. The first-order valence-corrected chi connectivity index (χ1v) is 12.5. The van der Waals surface area contributed by atoms with Crippen molar-refractivity contribution in [2.24, 2.45) is 0 Å². The van der Waals surface area contributed by atoms with Crippen molar-refractivity contribution in [3.8, 4) is 0 Å². The Kier molecular flexibility index (Phi) is 9.53. The lowest BCUT2D eigenvalue weighted by molar-refractivity contribution is 0.0714. The number of hydrogen-bond donors (Lipinski definition) is 2. The number of hydrogen-bond acceptors (Lipinski definition) is 4. The van der Waals surface area contributed by atoms with E-state index in [0.717, 1.165) is 50.6 Å². The maximum Gasteiger partial charge on any atom is 0.127 e. The highest BCUT2D eigenvalue weighted by Gasteiger charge is 2.17. The Morgan fingerprint density at radius 1 is 0.906 bits per heavy atom. The van der Waals surface area contributed by atoms with Crippen LogP contribution in [0.3, 0.4) is 0 Å². The zero-order chi connectivity index (χ0) is 23.9. The van der Waals surface area contributed by atoms with Crippen LogP contribution in [0.15, 0.2) is 18.2 Å². The molecular weight excluding hydrogens is 394 g/mol. The number of pyridine rings is 1. The number of nitrogens with two attached hydrogens (primary N) is 1. The van der Waals surface area contributed by atoms with Crippen LogP contribution < -0.4 is 5.73 Å². The van der Waals surface area contributed by atoms with Crippen molar-refractivity contribution in [2.45, 2.75) is 110 Å². The van der Waals surface area contributed by atoms with Gasteiger partial charge in [-0.1, -0.05) is 25.8 Å². The van der Waals surface area contributed by atoms with Gasteiger partial charge in [-0.15, -0.1) is 0 Å². The molecule has 0 atom stereocenters. The smallest absolute Gasteiger partial charge is 0.127 e.